The molecule has 8 nitrogen and oxygen atoms in total. The molecule has 4 rings (SSSR count). The zero-order valence-electron chi connectivity index (χ0n) is 13.8. The van der Waals surface area contributed by atoms with Crippen LogP contribution in [0.15, 0.2) is 36.8 Å². The summed E-state index contributed by atoms with van der Waals surface area (Å²) in [6, 6.07) is 7.03. The number of aromatic amines is 1. The van der Waals surface area contributed by atoms with Crippen molar-refractivity contribution < 1.29 is 9.53 Å². The van der Waals surface area contributed by atoms with E-state index >= 15 is 0 Å². The van der Waals surface area contributed by atoms with Crippen LogP contribution >= 0.6 is 0 Å². The lowest BCUT2D eigenvalue weighted by Gasteiger charge is -2.25. The van der Waals surface area contributed by atoms with E-state index in [0.29, 0.717) is 5.65 Å². The van der Waals surface area contributed by atoms with Gasteiger partial charge in [-0.3, -0.25) is 9.89 Å². The second-order valence-electron chi connectivity index (χ2n) is 5.90. The molecule has 8 heteroatoms. The molecule has 0 radical (unpaired) electrons. The predicted molar refractivity (Wildman–Crippen MR) is 93.7 cm³/mol. The Morgan fingerprint density at radius 1 is 1.32 bits per heavy atom. The molecule has 1 saturated heterocycles. The van der Waals surface area contributed by atoms with Crippen LogP contribution in [0.4, 0.5) is 11.5 Å². The number of rotatable bonds is 4. The van der Waals surface area contributed by atoms with Gasteiger partial charge >= 0.3 is 0 Å². The highest BCUT2D eigenvalue weighted by atomic mass is 16.5. The van der Waals surface area contributed by atoms with Crippen molar-refractivity contribution in [2.45, 2.75) is 18.9 Å². The molecule has 3 aromatic rings. The lowest BCUT2D eigenvalue weighted by Crippen LogP contribution is -2.40. The van der Waals surface area contributed by atoms with Crippen LogP contribution < -0.4 is 15.0 Å². The Bertz CT molecular complexity index is 892. The van der Waals surface area contributed by atoms with Gasteiger partial charge in [0.1, 0.15) is 23.9 Å². The Balaban J connectivity index is 1.56. The van der Waals surface area contributed by atoms with Crippen molar-refractivity contribution >= 4 is 28.4 Å². The number of hydrogen-bond donors (Lipinski definition) is 2. The molecule has 1 atom stereocenters. The third-order valence-electron chi connectivity index (χ3n) is 4.41. The Morgan fingerprint density at radius 3 is 2.96 bits per heavy atom. The third-order valence-corrected chi connectivity index (χ3v) is 4.41. The third kappa shape index (κ3) is 2.86. The molecule has 1 unspecified atom stereocenters. The van der Waals surface area contributed by atoms with E-state index in [-0.39, 0.29) is 11.9 Å². The fraction of sp³-hybridized carbons (Fsp3) is 0.294. The van der Waals surface area contributed by atoms with Crippen molar-refractivity contribution in [2.75, 3.05) is 23.9 Å². The van der Waals surface area contributed by atoms with E-state index in [4.69, 9.17) is 4.74 Å². The fourth-order valence-electron chi connectivity index (χ4n) is 3.17. The van der Waals surface area contributed by atoms with Crippen molar-refractivity contribution in [3.8, 4) is 5.75 Å². The van der Waals surface area contributed by atoms with E-state index in [2.05, 4.69) is 25.5 Å². The van der Waals surface area contributed by atoms with Crippen molar-refractivity contribution in [1.82, 2.24) is 20.2 Å². The topological polar surface area (TPSA) is 96.0 Å². The highest BCUT2D eigenvalue weighted by Gasteiger charge is 2.33. The van der Waals surface area contributed by atoms with E-state index < -0.39 is 0 Å². The highest BCUT2D eigenvalue weighted by molar-refractivity contribution is 5.98. The van der Waals surface area contributed by atoms with Gasteiger partial charge in [-0.25, -0.2) is 9.97 Å². The van der Waals surface area contributed by atoms with Gasteiger partial charge in [0.05, 0.1) is 18.7 Å². The first-order chi connectivity index (χ1) is 12.3. The molecular formula is C17H18N6O2. The predicted octanol–water partition coefficient (Wildman–Crippen LogP) is 1.97. The summed E-state index contributed by atoms with van der Waals surface area (Å²) in [5.41, 5.74) is 1.42. The first-order valence-electron chi connectivity index (χ1n) is 8.12. The standard InChI is InChI=1S/C17H18N6O2/c1-25-12-6-4-11(5-7-12)21-17(24)14-3-2-8-23(14)16-13-9-20-22-15(13)18-10-19-16/h4-7,9-10,14H,2-3,8H2,1H3,(H,21,24)(H,18,19,20,22). The first-order valence-corrected chi connectivity index (χ1v) is 8.12. The minimum atomic E-state index is -0.268. The van der Waals surface area contributed by atoms with E-state index in [1.165, 1.54) is 6.33 Å². The Kier molecular flexibility index (Phi) is 3.93. The van der Waals surface area contributed by atoms with Crippen LogP contribution in [-0.4, -0.2) is 45.8 Å². The molecule has 1 aliphatic heterocycles. The maximum absolute atomic E-state index is 12.8. The summed E-state index contributed by atoms with van der Waals surface area (Å²) in [5, 5.41) is 10.7. The Labute approximate surface area is 144 Å². The summed E-state index contributed by atoms with van der Waals surface area (Å²) >= 11 is 0. The number of carbonyl (C=O) groups excluding carboxylic acids is 1. The van der Waals surface area contributed by atoms with Gasteiger partial charge < -0.3 is 15.0 Å². The molecule has 0 spiro atoms. The van der Waals surface area contributed by atoms with Crippen LogP contribution in [0.5, 0.6) is 5.75 Å². The number of carbonyl (C=O) groups is 1. The SMILES string of the molecule is COc1ccc(NC(=O)C2CCCN2c2ncnc3[nH]ncc23)cc1. The van der Waals surface area contributed by atoms with Crippen LogP contribution in [0.2, 0.25) is 0 Å². The number of nitrogens with one attached hydrogen (secondary N) is 2. The summed E-state index contributed by atoms with van der Waals surface area (Å²) in [6.45, 7) is 0.776. The molecule has 0 aliphatic carbocycles. The van der Waals surface area contributed by atoms with Gasteiger partial charge in [0, 0.05) is 12.2 Å². The first kappa shape index (κ1) is 15.4. The number of ether oxygens (including phenoxy) is 1. The molecule has 2 N–H and O–H groups in total. The average Bonchev–Trinajstić information content (AvgIpc) is 3.31. The normalized spacial score (nSPS) is 17.0. The zero-order chi connectivity index (χ0) is 17.2. The van der Waals surface area contributed by atoms with Gasteiger partial charge in [-0.15, -0.1) is 0 Å². The second-order valence-corrected chi connectivity index (χ2v) is 5.90. The number of benzene rings is 1. The van der Waals surface area contributed by atoms with Crippen molar-refractivity contribution in [3.05, 3.63) is 36.8 Å². The zero-order valence-corrected chi connectivity index (χ0v) is 13.8. The van der Waals surface area contributed by atoms with Gasteiger partial charge in [-0.05, 0) is 37.1 Å². The van der Waals surface area contributed by atoms with Crippen molar-refractivity contribution in [2.24, 2.45) is 0 Å². The number of aromatic nitrogens is 4. The summed E-state index contributed by atoms with van der Waals surface area (Å²) in [4.78, 5) is 23.3. The lowest BCUT2D eigenvalue weighted by molar-refractivity contribution is -0.117. The summed E-state index contributed by atoms with van der Waals surface area (Å²) in [5.74, 6) is 1.45. The molecule has 1 fully saturated rings. The second kappa shape index (κ2) is 6.39. The van der Waals surface area contributed by atoms with Gasteiger partial charge in [0.25, 0.3) is 0 Å². The number of fused-ring (bicyclic) bond motifs is 1. The summed E-state index contributed by atoms with van der Waals surface area (Å²) in [7, 11) is 1.61. The van der Waals surface area contributed by atoms with Crippen molar-refractivity contribution in [3.63, 3.8) is 0 Å². The number of nitrogens with zero attached hydrogens (tertiary/aromatic N) is 4. The molecule has 2 aromatic heterocycles. The number of anilines is 2. The molecule has 1 aromatic carbocycles. The maximum atomic E-state index is 12.8. The molecular weight excluding hydrogens is 320 g/mol. The molecule has 3 heterocycles. The maximum Gasteiger partial charge on any atom is 0.247 e. The Hall–Kier alpha value is -3.16. The van der Waals surface area contributed by atoms with E-state index in [9.17, 15) is 4.79 Å². The number of methoxy groups -OCH3 is 1. The van der Waals surface area contributed by atoms with Crippen LogP contribution in [0.3, 0.4) is 0 Å². The van der Waals surface area contributed by atoms with Gasteiger partial charge in [0.15, 0.2) is 5.65 Å². The van der Waals surface area contributed by atoms with Crippen LogP contribution in [0.1, 0.15) is 12.8 Å². The number of amides is 1. The van der Waals surface area contributed by atoms with Gasteiger partial charge in [-0.1, -0.05) is 0 Å². The minimum absolute atomic E-state index is 0.0436. The smallest absolute Gasteiger partial charge is 0.247 e. The minimum Gasteiger partial charge on any atom is -0.497 e. The summed E-state index contributed by atoms with van der Waals surface area (Å²) < 4.78 is 5.14. The van der Waals surface area contributed by atoms with E-state index in [1.807, 2.05) is 29.2 Å². The van der Waals surface area contributed by atoms with E-state index in [1.54, 1.807) is 13.3 Å². The average molecular weight is 338 g/mol. The number of hydrogen-bond acceptors (Lipinski definition) is 6. The number of H-pyrrole nitrogens is 1. The Morgan fingerprint density at radius 2 is 2.16 bits per heavy atom. The van der Waals surface area contributed by atoms with Gasteiger partial charge in [-0.2, -0.15) is 5.10 Å². The van der Waals surface area contributed by atoms with Crippen LogP contribution in [-0.2, 0) is 4.79 Å². The highest BCUT2D eigenvalue weighted by Crippen LogP contribution is 2.29. The molecule has 128 valence electrons. The van der Waals surface area contributed by atoms with Crippen LogP contribution in [0, 0.1) is 0 Å². The molecule has 1 amide bonds. The molecule has 1 aliphatic rings. The largest absolute Gasteiger partial charge is 0.497 e. The quantitative estimate of drug-likeness (QED) is 0.755. The molecule has 0 saturated carbocycles. The van der Waals surface area contributed by atoms with Crippen LogP contribution in [0.25, 0.3) is 11.0 Å². The summed E-state index contributed by atoms with van der Waals surface area (Å²) in [6.07, 6.45) is 4.91. The molecule has 0 bridgehead atoms. The monoisotopic (exact) mass is 338 g/mol. The fourth-order valence-corrected chi connectivity index (χ4v) is 3.17. The van der Waals surface area contributed by atoms with Crippen molar-refractivity contribution in [1.29, 1.82) is 0 Å². The molecule has 25 heavy (non-hydrogen) atoms. The van der Waals surface area contributed by atoms with E-state index in [0.717, 1.165) is 42.0 Å². The lowest BCUT2D eigenvalue weighted by atomic mass is 10.2. The van der Waals surface area contributed by atoms with Gasteiger partial charge in [0.2, 0.25) is 5.91 Å².